The Morgan fingerprint density at radius 1 is 0.646 bits per heavy atom. The molecule has 0 radical (unpaired) electrons. The van der Waals surface area contributed by atoms with Gasteiger partial charge in [-0.3, -0.25) is 27.6 Å². The zero-order valence-corrected chi connectivity index (χ0v) is 39.1. The van der Waals surface area contributed by atoms with Crippen molar-refractivity contribution in [2.45, 2.75) is 89.5 Å². The van der Waals surface area contributed by atoms with Crippen LogP contribution in [0.1, 0.15) is 78.6 Å². The lowest BCUT2D eigenvalue weighted by Gasteiger charge is -2.31. The Morgan fingerprint density at radius 3 is 1.48 bits per heavy atom. The number of hydrogen-bond acceptors (Lipinski definition) is 11. The number of carboxylic acids is 1. The van der Waals surface area contributed by atoms with Crippen LogP contribution >= 0.6 is 0 Å². The zero-order valence-electron chi connectivity index (χ0n) is 36.7. The fourth-order valence-corrected chi connectivity index (χ4v) is 9.85. The number of rotatable bonds is 28. The number of carboxylic acid groups (broad SMARTS) is 1. The van der Waals surface area contributed by atoms with E-state index in [-0.39, 0.29) is 112 Å². The third-order valence-corrected chi connectivity index (χ3v) is 13.6. The van der Waals surface area contributed by atoms with Crippen molar-refractivity contribution in [2.24, 2.45) is 0 Å². The normalized spacial score (nSPS) is 13.0. The van der Waals surface area contributed by atoms with E-state index in [2.05, 4.69) is 40.4 Å². The van der Waals surface area contributed by atoms with Crippen molar-refractivity contribution in [3.8, 4) is 5.75 Å². The average molecular weight is 957 g/mol. The number of nitrogens with zero attached hydrogens (tertiary/aromatic N) is 2. The Balaban J connectivity index is 1.83. The van der Waals surface area contributed by atoms with Crippen molar-refractivity contribution < 1.29 is 55.3 Å². The van der Waals surface area contributed by atoms with Gasteiger partial charge in [-0.05, 0) is 90.7 Å². The molecular formula is C44H56N6O12S3-2. The second kappa shape index (κ2) is 23.7. The van der Waals surface area contributed by atoms with Crippen LogP contribution in [-0.2, 0) is 51.7 Å². The molecule has 3 unspecified atom stereocenters. The molecule has 21 heteroatoms. The number of carbonyl (C=O) groups excluding carboxylic acids is 3. The number of sulfonamides is 1. The number of hydrogen-bond donors (Lipinski definition) is 6. The first-order valence-corrected chi connectivity index (χ1v) is 24.5. The SMILES string of the molecule is C=C(C)C(=O)NCCCCCN(c1cc(O)c2ccc3c(S(=O)(=O)NC(CCCCNC(=O)C(=C)C)C(=O)O)cc(N(CCCCCNC(=O)C(=C)C)S(=O)[O-])c4ccc1c2c43)S(=O)[O-]. The van der Waals surface area contributed by atoms with Gasteiger partial charge in [0.05, 0.1) is 16.3 Å². The number of phenolic OH excluding ortho intramolecular Hbond substituents is 1. The Morgan fingerprint density at radius 2 is 1.05 bits per heavy atom. The lowest BCUT2D eigenvalue weighted by Crippen LogP contribution is -2.41. The molecule has 0 spiro atoms. The van der Waals surface area contributed by atoms with E-state index in [1.165, 1.54) is 25.1 Å². The van der Waals surface area contributed by atoms with Crippen LogP contribution in [0.5, 0.6) is 5.75 Å². The molecule has 0 bridgehead atoms. The highest BCUT2D eigenvalue weighted by Crippen LogP contribution is 2.47. The van der Waals surface area contributed by atoms with E-state index in [9.17, 15) is 55.3 Å². The molecule has 0 aliphatic rings. The second-order valence-corrected chi connectivity index (χ2v) is 19.2. The average Bonchev–Trinajstić information content (AvgIpc) is 3.24. The fourth-order valence-electron chi connectivity index (χ4n) is 7.22. The van der Waals surface area contributed by atoms with Gasteiger partial charge in [0, 0.05) is 110 Å². The van der Waals surface area contributed by atoms with E-state index in [0.29, 0.717) is 62.8 Å². The van der Waals surface area contributed by atoms with Gasteiger partial charge in [0.25, 0.3) is 0 Å². The summed E-state index contributed by atoms with van der Waals surface area (Å²) < 4.78 is 85.1. The van der Waals surface area contributed by atoms with Crippen LogP contribution in [-0.4, -0.2) is 98.6 Å². The van der Waals surface area contributed by atoms with Gasteiger partial charge < -0.3 is 43.9 Å². The Kier molecular flexibility index (Phi) is 19.0. The molecule has 6 N–H and O–H groups in total. The molecule has 0 fully saturated rings. The summed E-state index contributed by atoms with van der Waals surface area (Å²) >= 11 is -5.85. The summed E-state index contributed by atoms with van der Waals surface area (Å²) in [6.07, 6.45) is 3.00. The Labute approximate surface area is 383 Å². The van der Waals surface area contributed by atoms with Crippen molar-refractivity contribution in [3.63, 3.8) is 0 Å². The van der Waals surface area contributed by atoms with E-state index >= 15 is 0 Å². The van der Waals surface area contributed by atoms with Crippen molar-refractivity contribution in [1.29, 1.82) is 0 Å². The maximum Gasteiger partial charge on any atom is 0.321 e. The van der Waals surface area contributed by atoms with Crippen LogP contribution in [0, 0.1) is 0 Å². The van der Waals surface area contributed by atoms with Crippen molar-refractivity contribution in [3.05, 3.63) is 72.9 Å². The summed E-state index contributed by atoms with van der Waals surface area (Å²) in [6, 6.07) is 6.77. The standard InChI is InChI=1S/C44H58N6O12S3/c1-27(2)41(52)45-20-10-7-13-23-49(63(57)58)35-25-37(51)32-18-19-33-38(65(61,62)48-34(44(55)56)15-9-12-22-47-43(54)29(5)6)26-36(31-17-16-30(35)39(32)40(31)33)50(64(59)60)24-14-8-11-21-46-42(53)28(3)4/h16-19,25-26,34,48,51H,1,3,5,7-15,20-24H2,2,4,6H3,(H,45,52)(H,46,53)(H,47,54)(H,55,56)(H,57,58)(H,59,60)/p-2. The first-order chi connectivity index (χ1) is 30.7. The molecule has 4 aromatic carbocycles. The number of amides is 3. The number of phenols is 1. The predicted molar refractivity (Wildman–Crippen MR) is 251 cm³/mol. The van der Waals surface area contributed by atoms with E-state index in [1.807, 2.05) is 0 Å². The van der Waals surface area contributed by atoms with Crippen LogP contribution in [0.2, 0.25) is 0 Å². The van der Waals surface area contributed by atoms with Gasteiger partial charge in [-0.1, -0.05) is 37.9 Å². The first-order valence-electron chi connectivity index (χ1n) is 20.9. The minimum atomic E-state index is -4.80. The van der Waals surface area contributed by atoms with Gasteiger partial charge in [0.15, 0.2) is 0 Å². The summed E-state index contributed by atoms with van der Waals surface area (Å²) in [7, 11) is -4.80. The van der Waals surface area contributed by atoms with Crippen LogP contribution in [0.3, 0.4) is 0 Å². The number of carbonyl (C=O) groups is 4. The quantitative estimate of drug-likeness (QED) is 0.0194. The molecule has 65 heavy (non-hydrogen) atoms. The number of nitrogens with one attached hydrogen (secondary N) is 4. The van der Waals surface area contributed by atoms with Crippen LogP contribution in [0.25, 0.3) is 32.3 Å². The number of anilines is 2. The molecule has 4 aromatic rings. The monoisotopic (exact) mass is 956 g/mol. The van der Waals surface area contributed by atoms with Crippen molar-refractivity contribution in [1.82, 2.24) is 20.7 Å². The summed E-state index contributed by atoms with van der Waals surface area (Å²) in [5.41, 5.74) is 0.958. The maximum absolute atomic E-state index is 14.5. The highest BCUT2D eigenvalue weighted by atomic mass is 32.2. The molecular weight excluding hydrogens is 901 g/mol. The number of aromatic hydroxyl groups is 1. The zero-order chi connectivity index (χ0) is 48.2. The molecule has 0 aliphatic carbocycles. The summed E-state index contributed by atoms with van der Waals surface area (Å²) in [6.45, 7) is 16.1. The first kappa shape index (κ1) is 52.2. The van der Waals surface area contributed by atoms with Crippen molar-refractivity contribution >= 4 is 99.9 Å². The molecule has 18 nitrogen and oxygen atoms in total. The number of aliphatic carboxylic acids is 1. The van der Waals surface area contributed by atoms with Gasteiger partial charge in [-0.25, -0.2) is 8.42 Å². The fraction of sp³-hybridized carbons (Fsp3) is 0.409. The van der Waals surface area contributed by atoms with Crippen molar-refractivity contribution in [2.75, 3.05) is 41.3 Å². The van der Waals surface area contributed by atoms with Gasteiger partial charge in [-0.2, -0.15) is 4.72 Å². The van der Waals surface area contributed by atoms with E-state index in [4.69, 9.17) is 0 Å². The maximum atomic E-state index is 14.5. The van der Waals surface area contributed by atoms with Crippen LogP contribution in [0.4, 0.5) is 11.4 Å². The second-order valence-electron chi connectivity index (χ2n) is 15.8. The lowest BCUT2D eigenvalue weighted by molar-refractivity contribution is -0.139. The highest BCUT2D eigenvalue weighted by Gasteiger charge is 2.30. The molecule has 3 atom stereocenters. The molecule has 3 amide bonds. The van der Waals surface area contributed by atoms with Gasteiger partial charge >= 0.3 is 5.97 Å². The van der Waals surface area contributed by atoms with E-state index in [1.54, 1.807) is 26.0 Å². The molecule has 0 saturated heterocycles. The molecule has 0 aromatic heterocycles. The van der Waals surface area contributed by atoms with Gasteiger partial charge in [0.1, 0.15) is 11.8 Å². The topological polar surface area (TPSA) is 278 Å². The van der Waals surface area contributed by atoms with Gasteiger partial charge in [0.2, 0.25) is 27.7 Å². The number of benzene rings is 4. The van der Waals surface area contributed by atoms with E-state index in [0.717, 1.165) is 14.7 Å². The molecule has 0 aliphatic heterocycles. The predicted octanol–water partition coefficient (Wildman–Crippen LogP) is 4.81. The number of unbranched alkanes of at least 4 members (excludes halogenated alkanes) is 5. The van der Waals surface area contributed by atoms with E-state index < -0.39 is 49.5 Å². The summed E-state index contributed by atoms with van der Waals surface area (Å²) in [4.78, 5) is 47.7. The highest BCUT2D eigenvalue weighted by molar-refractivity contribution is 7.89. The summed E-state index contributed by atoms with van der Waals surface area (Å²) in [5, 5.41) is 30.8. The minimum absolute atomic E-state index is 0.0284. The lowest BCUT2D eigenvalue weighted by atomic mass is 9.92. The van der Waals surface area contributed by atoms with Crippen LogP contribution < -0.4 is 29.3 Å². The van der Waals surface area contributed by atoms with Crippen LogP contribution in [0.15, 0.2) is 77.7 Å². The minimum Gasteiger partial charge on any atom is -0.755 e. The third-order valence-electron chi connectivity index (χ3n) is 10.6. The van der Waals surface area contributed by atoms with Gasteiger partial charge in [-0.15, -0.1) is 0 Å². The largest absolute Gasteiger partial charge is 0.755 e. The smallest absolute Gasteiger partial charge is 0.321 e. The summed E-state index contributed by atoms with van der Waals surface area (Å²) in [5.74, 6) is -2.81. The molecule has 4 rings (SSSR count). The molecule has 0 heterocycles. The molecule has 0 saturated carbocycles. The molecule has 354 valence electrons. The Hall–Kier alpha value is -5.45. The third kappa shape index (κ3) is 13.6. The Bertz CT molecular complexity index is 2620.